The Bertz CT molecular complexity index is 94.6. The Morgan fingerprint density at radius 3 is 2.12 bits per heavy atom. The zero-order chi connectivity index (χ0) is 5.91. The van der Waals surface area contributed by atoms with Crippen molar-refractivity contribution in [3.05, 3.63) is 0 Å². The summed E-state index contributed by atoms with van der Waals surface area (Å²) in [4.78, 5) is 15.8. The van der Waals surface area contributed by atoms with E-state index in [9.17, 15) is 4.57 Å². The molecule has 8 heavy (non-hydrogen) atoms. The zero-order valence-corrected chi connectivity index (χ0v) is 9.40. The molecule has 46 valence electrons. The van der Waals surface area contributed by atoms with Crippen molar-refractivity contribution in [3.8, 4) is 0 Å². The minimum atomic E-state index is -4.20. The van der Waals surface area contributed by atoms with Crippen LogP contribution in [0.2, 0.25) is 0 Å². The van der Waals surface area contributed by atoms with Gasteiger partial charge in [0, 0.05) is 18.3 Å². The molecule has 0 aromatic heterocycles. The number of hydrogen-bond acceptors (Lipinski definition) is 3. The van der Waals surface area contributed by atoms with E-state index in [4.69, 9.17) is 9.79 Å². The second kappa shape index (κ2) is 5.85. The third-order valence-electron chi connectivity index (χ3n) is 0.172. The van der Waals surface area contributed by atoms with E-state index in [1.165, 1.54) is 6.26 Å². The molecule has 0 fully saturated rings. The van der Waals surface area contributed by atoms with Gasteiger partial charge in [0.05, 0.1) is 0 Å². The fourth-order valence-electron chi connectivity index (χ4n) is 0.0971. The van der Waals surface area contributed by atoms with E-state index in [1.807, 2.05) is 0 Å². The molecule has 4 nitrogen and oxygen atoms in total. The maximum absolute atomic E-state index is 9.68. The third-order valence-corrected chi connectivity index (χ3v) is 1.54. The molecule has 0 aromatic rings. The fourth-order valence-corrected chi connectivity index (χ4v) is 0.874. The standard InChI is InChI=1S/CH5O4PS.K.H/c1-7-5-6(2,3)4;;/h1H3,(H2,2,3,4);;/q;+1;-1. The van der Waals surface area contributed by atoms with Crippen molar-refractivity contribution >= 4 is 19.9 Å². The quantitative estimate of drug-likeness (QED) is 0.282. The Hall–Kier alpha value is 2.10. The van der Waals surface area contributed by atoms with E-state index < -0.39 is 7.82 Å². The molecular formula is CH6KO4PS. The van der Waals surface area contributed by atoms with Crippen molar-refractivity contribution in [1.82, 2.24) is 0 Å². The molecule has 0 saturated heterocycles. The first-order chi connectivity index (χ1) is 3.06. The summed E-state index contributed by atoms with van der Waals surface area (Å²) >= 11 is 0.645. The summed E-state index contributed by atoms with van der Waals surface area (Å²) < 4.78 is 13.5. The van der Waals surface area contributed by atoms with Gasteiger partial charge in [-0.3, -0.25) is 0 Å². The van der Waals surface area contributed by atoms with Crippen LogP contribution in [-0.2, 0) is 8.54 Å². The van der Waals surface area contributed by atoms with Crippen LogP contribution in [0, 0.1) is 0 Å². The van der Waals surface area contributed by atoms with Gasteiger partial charge in [0.25, 0.3) is 0 Å². The molecule has 0 aliphatic heterocycles. The summed E-state index contributed by atoms with van der Waals surface area (Å²) in [6, 6.07) is 0. The van der Waals surface area contributed by atoms with E-state index >= 15 is 0 Å². The summed E-state index contributed by atoms with van der Waals surface area (Å²) in [6.45, 7) is 0. The van der Waals surface area contributed by atoms with Gasteiger partial charge in [-0.25, -0.2) is 8.54 Å². The van der Waals surface area contributed by atoms with Crippen LogP contribution < -0.4 is 51.4 Å². The molecule has 0 aliphatic rings. The molecule has 0 aromatic carbocycles. The largest absolute Gasteiger partial charge is 1.00 e. The third kappa shape index (κ3) is 11.0. The van der Waals surface area contributed by atoms with Crippen molar-refractivity contribution in [1.29, 1.82) is 0 Å². The average molecular weight is 184 g/mol. The van der Waals surface area contributed by atoms with Crippen LogP contribution in [0.1, 0.15) is 1.43 Å². The van der Waals surface area contributed by atoms with Crippen LogP contribution in [0.4, 0.5) is 0 Å². The molecule has 0 saturated carbocycles. The molecule has 2 N–H and O–H groups in total. The molecule has 0 unspecified atom stereocenters. The van der Waals surface area contributed by atoms with Gasteiger partial charge in [-0.2, -0.15) is 0 Å². The Morgan fingerprint density at radius 1 is 1.75 bits per heavy atom. The fraction of sp³-hybridized carbons (Fsp3) is 1.00. The van der Waals surface area contributed by atoms with E-state index in [2.05, 4.69) is 3.97 Å². The molecule has 0 atom stereocenters. The first kappa shape index (κ1) is 12.7. The number of phosphoric acid groups is 1. The molecule has 0 amide bonds. The minimum Gasteiger partial charge on any atom is -1.00 e. The maximum atomic E-state index is 9.68. The van der Waals surface area contributed by atoms with Crippen LogP contribution in [0.25, 0.3) is 0 Å². The number of rotatable bonds is 2. The van der Waals surface area contributed by atoms with E-state index in [0.29, 0.717) is 12.0 Å². The van der Waals surface area contributed by atoms with Gasteiger partial charge in [0.1, 0.15) is 0 Å². The first-order valence-corrected chi connectivity index (χ1v) is 4.02. The SMILES string of the molecule is CSOP(=O)(O)O.[H-].[K+]. The predicted octanol–water partition coefficient (Wildman–Crippen LogP) is -2.51. The second-order valence-electron chi connectivity index (χ2n) is 0.732. The zero-order valence-electron chi connectivity index (χ0n) is 5.57. The van der Waals surface area contributed by atoms with Gasteiger partial charge in [-0.15, -0.1) is 0 Å². The van der Waals surface area contributed by atoms with E-state index in [0.717, 1.165) is 0 Å². The second-order valence-corrected chi connectivity index (χ2v) is 2.64. The van der Waals surface area contributed by atoms with E-state index in [-0.39, 0.29) is 52.8 Å². The van der Waals surface area contributed by atoms with Crippen molar-refractivity contribution < 1.29 is 71.1 Å². The molecule has 0 radical (unpaired) electrons. The van der Waals surface area contributed by atoms with E-state index in [1.54, 1.807) is 0 Å². The van der Waals surface area contributed by atoms with Crippen LogP contribution in [0.15, 0.2) is 0 Å². The van der Waals surface area contributed by atoms with Crippen LogP contribution in [0.3, 0.4) is 0 Å². The van der Waals surface area contributed by atoms with Crippen LogP contribution in [-0.4, -0.2) is 16.0 Å². The van der Waals surface area contributed by atoms with Crippen LogP contribution >= 0.6 is 19.9 Å². The maximum Gasteiger partial charge on any atom is 1.00 e. The first-order valence-electron chi connectivity index (χ1n) is 1.34. The van der Waals surface area contributed by atoms with Crippen molar-refractivity contribution in [2.24, 2.45) is 0 Å². The molecule has 7 heteroatoms. The van der Waals surface area contributed by atoms with Gasteiger partial charge < -0.3 is 11.2 Å². The molecule has 0 aliphatic carbocycles. The summed E-state index contributed by atoms with van der Waals surface area (Å²) in [5, 5.41) is 0. The van der Waals surface area contributed by atoms with Gasteiger partial charge in [0.2, 0.25) is 0 Å². The minimum absolute atomic E-state index is 0. The van der Waals surface area contributed by atoms with Gasteiger partial charge in [0.15, 0.2) is 0 Å². The molecule has 0 heterocycles. The number of hydrogen-bond donors (Lipinski definition) is 2. The van der Waals surface area contributed by atoms with Gasteiger partial charge in [-0.05, 0) is 0 Å². The Labute approximate surface area is 95.7 Å². The Balaban J connectivity index is -0.000000180. The molecular weight excluding hydrogens is 178 g/mol. The summed E-state index contributed by atoms with van der Waals surface area (Å²) in [5.74, 6) is 0. The Kier molecular flexibility index (Phi) is 9.32. The summed E-state index contributed by atoms with van der Waals surface area (Å²) in [5.41, 5.74) is 0. The van der Waals surface area contributed by atoms with Gasteiger partial charge >= 0.3 is 59.2 Å². The topological polar surface area (TPSA) is 66.8 Å². The summed E-state index contributed by atoms with van der Waals surface area (Å²) in [7, 11) is -4.20. The van der Waals surface area contributed by atoms with Crippen LogP contribution in [0.5, 0.6) is 0 Å². The monoisotopic (exact) mass is 184 g/mol. The smallest absolute Gasteiger partial charge is 1.00 e. The Morgan fingerprint density at radius 2 is 2.12 bits per heavy atom. The predicted molar refractivity (Wildman–Crippen MR) is 27.8 cm³/mol. The molecule has 0 bridgehead atoms. The molecule has 0 spiro atoms. The summed E-state index contributed by atoms with van der Waals surface area (Å²) in [6.07, 6.45) is 1.43. The van der Waals surface area contributed by atoms with Crippen molar-refractivity contribution in [3.63, 3.8) is 0 Å². The van der Waals surface area contributed by atoms with Gasteiger partial charge in [-0.1, -0.05) is 0 Å². The average Bonchev–Trinajstić information content (AvgIpc) is 1.30. The van der Waals surface area contributed by atoms with Crippen molar-refractivity contribution in [2.45, 2.75) is 0 Å². The molecule has 0 rings (SSSR count). The van der Waals surface area contributed by atoms with Crippen molar-refractivity contribution in [2.75, 3.05) is 6.26 Å². The normalized spacial score (nSPS) is 10.4.